The first kappa shape index (κ1) is 23.1. The van der Waals surface area contributed by atoms with E-state index in [-0.39, 0.29) is 17.4 Å². The number of aromatic nitrogens is 3. The van der Waals surface area contributed by atoms with Gasteiger partial charge in [-0.15, -0.1) is 0 Å². The van der Waals surface area contributed by atoms with Crippen molar-refractivity contribution in [3.63, 3.8) is 0 Å². The quantitative estimate of drug-likeness (QED) is 0.300. The minimum atomic E-state index is -3.63. The normalized spacial score (nSPS) is 11.7. The molecule has 0 saturated heterocycles. The van der Waals surface area contributed by atoms with E-state index in [0.717, 1.165) is 12.1 Å². The Morgan fingerprint density at radius 3 is 2.62 bits per heavy atom. The van der Waals surface area contributed by atoms with E-state index in [0.29, 0.717) is 22.2 Å². The fraction of sp³-hybridized carbons (Fsp3) is 0.182. The predicted octanol–water partition coefficient (Wildman–Crippen LogP) is 4.48. The second-order valence-electron chi connectivity index (χ2n) is 7.60. The van der Waals surface area contributed by atoms with Crippen molar-refractivity contribution >= 4 is 38.2 Å². The second-order valence-corrected chi connectivity index (χ2v) is 9.97. The lowest BCUT2D eigenvalue weighted by Crippen LogP contribution is -2.21. The highest BCUT2D eigenvalue weighted by Crippen LogP contribution is 2.35. The molecule has 4 rings (SSSR count). The molecule has 12 heteroatoms. The number of rotatable bonds is 7. The molecule has 0 atom stereocenters. The highest BCUT2D eigenvalue weighted by atomic mass is 32.2. The smallest absolute Gasteiger partial charge is 0.307 e. The van der Waals surface area contributed by atoms with Crippen molar-refractivity contribution in [1.29, 1.82) is 0 Å². The zero-order valence-corrected chi connectivity index (χ0v) is 19.2. The number of nitrogens with one attached hydrogen (secondary N) is 1. The molecule has 34 heavy (non-hydrogen) atoms. The molecule has 2 aromatic heterocycles. The highest BCUT2D eigenvalue weighted by Gasteiger charge is 2.24. The monoisotopic (exact) mass is 485 g/mol. The Morgan fingerprint density at radius 1 is 1.21 bits per heavy atom. The largest absolute Gasteiger partial charge is 0.494 e. The van der Waals surface area contributed by atoms with Gasteiger partial charge in [0.1, 0.15) is 5.75 Å². The first-order valence-corrected chi connectivity index (χ1v) is 11.6. The standard InChI is InChI=1S/C22H20FN5O5S/c1-13(2)34(31,32)27-12-15(14-6-4-5-7-19(14)27)17-8-9-24-22(25-17)26-18-11-20(28(29)30)16(23)10-21(18)33-3/h4-13H,1-3H3,(H,24,25,26). The SMILES string of the molecule is COc1cc(F)c([N+](=O)[O-])cc1Nc1nccc(-c2cn(S(=O)(=O)C(C)C)c3ccccc23)n1. The summed E-state index contributed by atoms with van der Waals surface area (Å²) in [6.07, 6.45) is 2.97. The van der Waals surface area contributed by atoms with Gasteiger partial charge in [0.2, 0.25) is 21.8 Å². The van der Waals surface area contributed by atoms with Crippen LogP contribution in [0.25, 0.3) is 22.2 Å². The average Bonchev–Trinajstić information content (AvgIpc) is 3.20. The summed E-state index contributed by atoms with van der Waals surface area (Å²) in [6.45, 7) is 3.21. The number of ether oxygens (including phenoxy) is 1. The number of anilines is 2. The number of hydrogen-bond donors (Lipinski definition) is 1. The minimum absolute atomic E-state index is 0.0248. The molecule has 0 saturated carbocycles. The van der Waals surface area contributed by atoms with Crippen LogP contribution in [0, 0.1) is 15.9 Å². The van der Waals surface area contributed by atoms with Crippen LogP contribution >= 0.6 is 0 Å². The Hall–Kier alpha value is -4.06. The average molecular weight is 485 g/mol. The van der Waals surface area contributed by atoms with E-state index < -0.39 is 31.7 Å². The first-order valence-electron chi connectivity index (χ1n) is 10.1. The molecular weight excluding hydrogens is 465 g/mol. The van der Waals surface area contributed by atoms with Crippen LogP contribution in [0.2, 0.25) is 0 Å². The fourth-order valence-corrected chi connectivity index (χ4v) is 4.57. The van der Waals surface area contributed by atoms with Gasteiger partial charge in [-0.25, -0.2) is 22.4 Å². The summed E-state index contributed by atoms with van der Waals surface area (Å²) in [5.74, 6) is -0.960. The van der Waals surface area contributed by atoms with Gasteiger partial charge in [-0.05, 0) is 26.0 Å². The molecule has 0 aliphatic heterocycles. The summed E-state index contributed by atoms with van der Waals surface area (Å²) >= 11 is 0. The van der Waals surface area contributed by atoms with Crippen LogP contribution in [-0.4, -0.2) is 39.6 Å². The molecule has 4 aromatic rings. The molecule has 0 fully saturated rings. The maximum atomic E-state index is 14.0. The summed E-state index contributed by atoms with van der Waals surface area (Å²) in [7, 11) is -2.33. The molecule has 176 valence electrons. The molecular formula is C22H20FN5O5S. The van der Waals surface area contributed by atoms with Crippen molar-refractivity contribution in [3.05, 3.63) is 70.8 Å². The van der Waals surface area contributed by atoms with Gasteiger partial charge >= 0.3 is 5.69 Å². The maximum absolute atomic E-state index is 14.0. The van der Waals surface area contributed by atoms with Crippen molar-refractivity contribution in [2.75, 3.05) is 12.4 Å². The van der Waals surface area contributed by atoms with Crippen LogP contribution in [-0.2, 0) is 10.0 Å². The minimum Gasteiger partial charge on any atom is -0.494 e. The van der Waals surface area contributed by atoms with Gasteiger partial charge in [0.05, 0.1) is 34.2 Å². The zero-order chi connectivity index (χ0) is 24.6. The van der Waals surface area contributed by atoms with Gasteiger partial charge in [0.25, 0.3) is 0 Å². The molecule has 0 unspecified atom stereocenters. The number of benzene rings is 2. The third-order valence-corrected chi connectivity index (χ3v) is 7.23. The van der Waals surface area contributed by atoms with E-state index in [4.69, 9.17) is 4.74 Å². The molecule has 0 amide bonds. The summed E-state index contributed by atoms with van der Waals surface area (Å²) < 4.78 is 46.1. The molecule has 10 nitrogen and oxygen atoms in total. The molecule has 2 aromatic carbocycles. The number of fused-ring (bicyclic) bond motifs is 1. The molecule has 0 radical (unpaired) electrons. The summed E-state index contributed by atoms with van der Waals surface area (Å²) in [6, 6.07) is 10.5. The Labute approximate surface area is 194 Å². The lowest BCUT2D eigenvalue weighted by molar-refractivity contribution is -0.387. The summed E-state index contributed by atoms with van der Waals surface area (Å²) in [5.41, 5.74) is 0.846. The lowest BCUT2D eigenvalue weighted by atomic mass is 10.1. The Kier molecular flexibility index (Phi) is 5.92. The van der Waals surface area contributed by atoms with Crippen molar-refractivity contribution < 1.29 is 22.5 Å². The number of nitro groups is 1. The van der Waals surface area contributed by atoms with Gasteiger partial charge in [0.15, 0.2) is 0 Å². The number of para-hydroxylation sites is 1. The van der Waals surface area contributed by atoms with Gasteiger partial charge in [-0.1, -0.05) is 18.2 Å². The van der Waals surface area contributed by atoms with Crippen molar-refractivity contribution in [2.24, 2.45) is 0 Å². The van der Waals surface area contributed by atoms with Gasteiger partial charge in [-0.2, -0.15) is 4.39 Å². The molecule has 1 N–H and O–H groups in total. The number of nitro benzene ring substituents is 1. The second kappa shape index (κ2) is 8.71. The number of halogens is 1. The van der Waals surface area contributed by atoms with E-state index in [1.807, 2.05) is 0 Å². The van der Waals surface area contributed by atoms with Crippen molar-refractivity contribution in [3.8, 4) is 17.0 Å². The topological polar surface area (TPSA) is 129 Å². The van der Waals surface area contributed by atoms with E-state index in [2.05, 4.69) is 15.3 Å². The maximum Gasteiger partial charge on any atom is 0.307 e. The third-order valence-electron chi connectivity index (χ3n) is 5.19. The van der Waals surface area contributed by atoms with Crippen LogP contribution in [0.5, 0.6) is 5.75 Å². The predicted molar refractivity (Wildman–Crippen MR) is 125 cm³/mol. The van der Waals surface area contributed by atoms with Gasteiger partial charge in [-0.3, -0.25) is 10.1 Å². The van der Waals surface area contributed by atoms with Crippen molar-refractivity contribution in [1.82, 2.24) is 13.9 Å². The fourth-order valence-electron chi connectivity index (χ4n) is 3.43. The van der Waals surface area contributed by atoms with E-state index in [9.17, 15) is 22.9 Å². The number of methoxy groups -OCH3 is 1. The Morgan fingerprint density at radius 2 is 1.94 bits per heavy atom. The molecule has 0 aliphatic carbocycles. The lowest BCUT2D eigenvalue weighted by Gasteiger charge is -2.11. The van der Waals surface area contributed by atoms with E-state index in [1.54, 1.807) is 44.2 Å². The molecule has 2 heterocycles. The van der Waals surface area contributed by atoms with Crippen LogP contribution in [0.15, 0.2) is 54.9 Å². The Bertz CT molecular complexity index is 1520. The van der Waals surface area contributed by atoms with Crippen molar-refractivity contribution in [2.45, 2.75) is 19.1 Å². The zero-order valence-electron chi connectivity index (χ0n) is 18.4. The molecule has 0 spiro atoms. The third kappa shape index (κ3) is 4.03. The molecule has 0 bridgehead atoms. The van der Waals surface area contributed by atoms with E-state index in [1.165, 1.54) is 23.5 Å². The summed E-state index contributed by atoms with van der Waals surface area (Å²) in [5, 5.41) is 14.0. The number of hydrogen-bond acceptors (Lipinski definition) is 8. The van der Waals surface area contributed by atoms with E-state index >= 15 is 0 Å². The molecule has 0 aliphatic rings. The highest BCUT2D eigenvalue weighted by molar-refractivity contribution is 7.90. The van der Waals surface area contributed by atoms with Crippen LogP contribution < -0.4 is 10.1 Å². The Balaban J connectivity index is 1.81. The number of nitrogens with zero attached hydrogens (tertiary/aromatic N) is 4. The van der Waals surface area contributed by atoms with Crippen LogP contribution in [0.4, 0.5) is 21.7 Å². The summed E-state index contributed by atoms with van der Waals surface area (Å²) in [4.78, 5) is 18.9. The van der Waals surface area contributed by atoms with Crippen LogP contribution in [0.1, 0.15) is 13.8 Å². The first-order chi connectivity index (χ1) is 16.1. The van der Waals surface area contributed by atoms with Gasteiger partial charge in [0, 0.05) is 35.5 Å². The van der Waals surface area contributed by atoms with Crippen LogP contribution in [0.3, 0.4) is 0 Å². The van der Waals surface area contributed by atoms with Gasteiger partial charge < -0.3 is 10.1 Å².